The van der Waals surface area contributed by atoms with Crippen LogP contribution in [-0.2, 0) is 0 Å². The number of halogens is 3. The van der Waals surface area contributed by atoms with Crippen molar-refractivity contribution in [3.8, 4) is 5.69 Å². The summed E-state index contributed by atoms with van der Waals surface area (Å²) in [6.07, 6.45) is 1.94. The number of hydrogen-bond acceptors (Lipinski definition) is 3. The molecule has 2 aromatic rings. The first kappa shape index (κ1) is 13.9. The third-order valence-electron chi connectivity index (χ3n) is 3.01. The molecular weight excluding hydrogens is 369 g/mol. The van der Waals surface area contributed by atoms with E-state index < -0.39 is 5.97 Å². The van der Waals surface area contributed by atoms with Crippen LogP contribution in [0.5, 0.6) is 0 Å². The lowest BCUT2D eigenvalue weighted by molar-refractivity contribution is 0.0683. The van der Waals surface area contributed by atoms with Gasteiger partial charge in [0.05, 0.1) is 15.7 Å². The van der Waals surface area contributed by atoms with Gasteiger partial charge in [-0.3, -0.25) is 0 Å². The molecule has 0 atom stereocenters. The zero-order chi connectivity index (χ0) is 14.4. The number of aromatic nitrogens is 3. The highest BCUT2D eigenvalue weighted by molar-refractivity contribution is 9.10. The first-order valence-corrected chi connectivity index (χ1v) is 7.38. The second-order valence-electron chi connectivity index (χ2n) is 4.48. The molecule has 0 amide bonds. The van der Waals surface area contributed by atoms with Gasteiger partial charge in [-0.25, -0.2) is 14.5 Å². The molecule has 0 unspecified atom stereocenters. The third-order valence-corrected chi connectivity index (χ3v) is 4.77. The van der Waals surface area contributed by atoms with Crippen molar-refractivity contribution in [3.63, 3.8) is 0 Å². The van der Waals surface area contributed by atoms with Gasteiger partial charge in [0, 0.05) is 10.4 Å². The van der Waals surface area contributed by atoms with E-state index >= 15 is 0 Å². The van der Waals surface area contributed by atoms with E-state index in [4.69, 9.17) is 28.3 Å². The van der Waals surface area contributed by atoms with Crippen molar-refractivity contribution in [1.82, 2.24) is 14.8 Å². The smallest absolute Gasteiger partial charge is 0.375 e. The molecule has 0 aliphatic heterocycles. The molecule has 1 fully saturated rings. The molecule has 1 aliphatic carbocycles. The van der Waals surface area contributed by atoms with Crippen molar-refractivity contribution in [2.24, 2.45) is 0 Å². The molecular formula is C12H8BrCl2N3O2. The number of carbonyl (C=O) groups is 1. The van der Waals surface area contributed by atoms with Gasteiger partial charge < -0.3 is 5.11 Å². The van der Waals surface area contributed by atoms with Crippen LogP contribution in [0, 0.1) is 0 Å². The fraction of sp³-hybridized carbons (Fsp3) is 0.250. The van der Waals surface area contributed by atoms with Crippen LogP contribution < -0.4 is 0 Å². The number of benzene rings is 1. The number of rotatable bonds is 3. The molecule has 0 radical (unpaired) electrons. The van der Waals surface area contributed by atoms with Crippen LogP contribution in [0.25, 0.3) is 5.69 Å². The highest BCUT2D eigenvalue weighted by Gasteiger charge is 2.32. The van der Waals surface area contributed by atoms with Gasteiger partial charge in [-0.15, -0.1) is 5.10 Å². The average molecular weight is 377 g/mol. The van der Waals surface area contributed by atoms with Crippen LogP contribution in [0.15, 0.2) is 16.6 Å². The first-order chi connectivity index (χ1) is 9.49. The molecule has 1 heterocycles. The second kappa shape index (κ2) is 5.02. The predicted octanol–water partition coefficient (Wildman–Crippen LogP) is 3.91. The van der Waals surface area contributed by atoms with Crippen LogP contribution in [0.3, 0.4) is 0 Å². The van der Waals surface area contributed by atoms with Crippen LogP contribution in [-0.4, -0.2) is 25.8 Å². The summed E-state index contributed by atoms with van der Waals surface area (Å²) >= 11 is 15.6. The Bertz CT molecular complexity index is 713. The minimum atomic E-state index is -1.16. The van der Waals surface area contributed by atoms with Crippen LogP contribution in [0.4, 0.5) is 0 Å². The number of carboxylic acid groups (broad SMARTS) is 1. The lowest BCUT2D eigenvalue weighted by atomic mass is 10.3. The number of hydrogen-bond donors (Lipinski definition) is 1. The molecule has 1 saturated carbocycles. The monoisotopic (exact) mass is 375 g/mol. The van der Waals surface area contributed by atoms with E-state index in [0.717, 1.165) is 12.8 Å². The van der Waals surface area contributed by atoms with E-state index in [9.17, 15) is 4.79 Å². The molecule has 5 nitrogen and oxygen atoms in total. The zero-order valence-corrected chi connectivity index (χ0v) is 13.1. The molecule has 0 saturated heterocycles. The Balaban J connectivity index is 2.18. The Kier molecular flexibility index (Phi) is 3.48. The van der Waals surface area contributed by atoms with Crippen LogP contribution >= 0.6 is 39.1 Å². The number of carboxylic acids is 1. The van der Waals surface area contributed by atoms with E-state index in [1.807, 2.05) is 0 Å². The fourth-order valence-corrected chi connectivity index (χ4v) is 2.73. The van der Waals surface area contributed by atoms with Gasteiger partial charge in [-0.05, 0) is 40.9 Å². The predicted molar refractivity (Wildman–Crippen MR) is 78.0 cm³/mol. The normalized spacial score (nSPS) is 14.6. The summed E-state index contributed by atoms with van der Waals surface area (Å²) in [5, 5.41) is 13.7. The minimum Gasteiger partial charge on any atom is -0.475 e. The lowest BCUT2D eigenvalue weighted by Gasteiger charge is -2.09. The maximum absolute atomic E-state index is 11.0. The third kappa shape index (κ3) is 2.32. The zero-order valence-electron chi connectivity index (χ0n) is 9.98. The Morgan fingerprint density at radius 3 is 2.65 bits per heavy atom. The molecule has 104 valence electrons. The Morgan fingerprint density at radius 1 is 1.35 bits per heavy atom. The van der Waals surface area contributed by atoms with E-state index in [1.54, 1.807) is 12.1 Å². The van der Waals surface area contributed by atoms with E-state index in [-0.39, 0.29) is 11.7 Å². The van der Waals surface area contributed by atoms with Gasteiger partial charge >= 0.3 is 5.97 Å². The van der Waals surface area contributed by atoms with Crippen LogP contribution in [0.2, 0.25) is 10.0 Å². The van der Waals surface area contributed by atoms with Crippen molar-refractivity contribution >= 4 is 45.1 Å². The lowest BCUT2D eigenvalue weighted by Crippen LogP contribution is -2.04. The standard InChI is InChI=1S/C12H8BrCl2N3O2/c13-6-3-4-7(9(15)8(6)14)18-11(5-1-2-5)16-10(17-18)12(19)20/h3-5H,1-2H2,(H,19,20). The molecule has 1 aliphatic rings. The summed E-state index contributed by atoms with van der Waals surface area (Å²) in [6.45, 7) is 0. The van der Waals surface area contributed by atoms with Crippen molar-refractivity contribution < 1.29 is 9.90 Å². The second-order valence-corrected chi connectivity index (χ2v) is 6.09. The first-order valence-electron chi connectivity index (χ1n) is 5.83. The Morgan fingerprint density at radius 2 is 2.05 bits per heavy atom. The molecule has 0 spiro atoms. The van der Waals surface area contributed by atoms with Crippen LogP contribution in [0.1, 0.15) is 35.2 Å². The molecule has 1 aromatic heterocycles. The van der Waals surface area contributed by atoms with Gasteiger partial charge in [-0.1, -0.05) is 23.2 Å². The maximum atomic E-state index is 11.0. The Labute approximate surface area is 132 Å². The van der Waals surface area contributed by atoms with Gasteiger partial charge in [-0.2, -0.15) is 0 Å². The van der Waals surface area contributed by atoms with Gasteiger partial charge in [0.1, 0.15) is 5.82 Å². The largest absolute Gasteiger partial charge is 0.475 e. The van der Waals surface area contributed by atoms with Gasteiger partial charge in [0.25, 0.3) is 5.82 Å². The molecule has 0 bridgehead atoms. The van der Waals surface area contributed by atoms with Crippen molar-refractivity contribution in [2.45, 2.75) is 18.8 Å². The summed E-state index contributed by atoms with van der Waals surface area (Å²) in [7, 11) is 0. The SMILES string of the molecule is O=C(O)c1nc(C2CC2)n(-c2ccc(Br)c(Cl)c2Cl)n1. The summed E-state index contributed by atoms with van der Waals surface area (Å²) < 4.78 is 2.14. The summed E-state index contributed by atoms with van der Waals surface area (Å²) in [5.74, 6) is -0.552. The van der Waals surface area contributed by atoms with Crippen molar-refractivity contribution in [1.29, 1.82) is 0 Å². The molecule has 1 aromatic carbocycles. The highest BCUT2D eigenvalue weighted by atomic mass is 79.9. The molecule has 8 heteroatoms. The topological polar surface area (TPSA) is 68.0 Å². The molecule has 3 rings (SSSR count). The number of aromatic carboxylic acids is 1. The van der Waals surface area contributed by atoms with Crippen molar-refractivity contribution in [3.05, 3.63) is 38.3 Å². The maximum Gasteiger partial charge on any atom is 0.375 e. The fourth-order valence-electron chi connectivity index (χ4n) is 1.88. The quantitative estimate of drug-likeness (QED) is 0.824. The van der Waals surface area contributed by atoms with Gasteiger partial charge in [0.15, 0.2) is 0 Å². The van der Waals surface area contributed by atoms with E-state index in [2.05, 4.69) is 26.0 Å². The van der Waals surface area contributed by atoms with Gasteiger partial charge in [0.2, 0.25) is 0 Å². The Hall–Kier alpha value is -1.11. The summed E-state index contributed by atoms with van der Waals surface area (Å²) in [5.41, 5.74) is 0.529. The molecule has 20 heavy (non-hydrogen) atoms. The van der Waals surface area contributed by atoms with E-state index in [0.29, 0.717) is 26.0 Å². The minimum absolute atomic E-state index is 0.231. The summed E-state index contributed by atoms with van der Waals surface area (Å²) in [4.78, 5) is 15.1. The average Bonchev–Trinajstić information content (AvgIpc) is 3.16. The highest BCUT2D eigenvalue weighted by Crippen LogP contribution is 2.41. The number of nitrogens with zero attached hydrogens (tertiary/aromatic N) is 3. The molecule has 1 N–H and O–H groups in total. The van der Waals surface area contributed by atoms with E-state index in [1.165, 1.54) is 4.68 Å². The van der Waals surface area contributed by atoms with Crippen molar-refractivity contribution in [2.75, 3.05) is 0 Å². The summed E-state index contributed by atoms with van der Waals surface area (Å²) in [6, 6.07) is 3.47.